The molecule has 2 fully saturated rings. The van der Waals surface area contributed by atoms with Crippen LogP contribution in [-0.2, 0) is 0 Å². The third kappa shape index (κ3) is 2.80. The van der Waals surface area contributed by atoms with Gasteiger partial charge < -0.3 is 5.32 Å². The predicted octanol–water partition coefficient (Wildman–Crippen LogP) is 3.98. The molecule has 0 radical (unpaired) electrons. The van der Waals surface area contributed by atoms with Gasteiger partial charge in [0.05, 0.1) is 0 Å². The SMILES string of the molecule is CC1CCCCC1NC1CCCC(C)C1C. The van der Waals surface area contributed by atoms with Gasteiger partial charge in [0.2, 0.25) is 0 Å². The van der Waals surface area contributed by atoms with Crippen LogP contribution < -0.4 is 5.32 Å². The summed E-state index contributed by atoms with van der Waals surface area (Å²) in [6, 6.07) is 1.61. The molecule has 0 amide bonds. The summed E-state index contributed by atoms with van der Waals surface area (Å²) in [5, 5.41) is 3.99. The number of hydrogen-bond acceptors (Lipinski definition) is 1. The van der Waals surface area contributed by atoms with Crippen LogP contribution in [0.15, 0.2) is 0 Å². The van der Waals surface area contributed by atoms with Crippen LogP contribution in [0.2, 0.25) is 0 Å². The molecule has 2 aliphatic rings. The summed E-state index contributed by atoms with van der Waals surface area (Å²) in [5.74, 6) is 2.70. The van der Waals surface area contributed by atoms with Crippen LogP contribution in [0, 0.1) is 17.8 Å². The average molecular weight is 223 g/mol. The first-order valence-corrected chi connectivity index (χ1v) is 7.44. The second kappa shape index (κ2) is 5.53. The van der Waals surface area contributed by atoms with Crippen molar-refractivity contribution in [3.05, 3.63) is 0 Å². The molecule has 5 atom stereocenters. The molecule has 94 valence electrons. The highest BCUT2D eigenvalue weighted by Gasteiger charge is 2.30. The van der Waals surface area contributed by atoms with Crippen LogP contribution in [0.4, 0.5) is 0 Å². The molecule has 0 spiro atoms. The first-order valence-electron chi connectivity index (χ1n) is 7.44. The largest absolute Gasteiger partial charge is 0.311 e. The summed E-state index contributed by atoms with van der Waals surface area (Å²) in [6.45, 7) is 7.32. The topological polar surface area (TPSA) is 12.0 Å². The second-order valence-electron chi connectivity index (χ2n) is 6.41. The second-order valence-corrected chi connectivity index (χ2v) is 6.41. The Kier molecular flexibility index (Phi) is 4.29. The Morgan fingerprint density at radius 3 is 2.06 bits per heavy atom. The lowest BCUT2D eigenvalue weighted by molar-refractivity contribution is 0.163. The van der Waals surface area contributed by atoms with Crippen LogP contribution in [0.25, 0.3) is 0 Å². The highest BCUT2D eigenvalue weighted by atomic mass is 15.0. The minimum Gasteiger partial charge on any atom is -0.311 e. The first kappa shape index (κ1) is 12.4. The van der Waals surface area contributed by atoms with E-state index in [1.165, 1.54) is 44.9 Å². The van der Waals surface area contributed by atoms with Crippen molar-refractivity contribution in [3.8, 4) is 0 Å². The Morgan fingerprint density at radius 2 is 1.31 bits per heavy atom. The Bertz CT molecular complexity index is 213. The number of rotatable bonds is 2. The smallest absolute Gasteiger partial charge is 0.00979 e. The van der Waals surface area contributed by atoms with Gasteiger partial charge in [0.1, 0.15) is 0 Å². The Hall–Kier alpha value is -0.0400. The van der Waals surface area contributed by atoms with Gasteiger partial charge in [-0.1, -0.05) is 46.5 Å². The summed E-state index contributed by atoms with van der Waals surface area (Å²) in [7, 11) is 0. The molecule has 0 aromatic rings. The van der Waals surface area contributed by atoms with E-state index in [0.29, 0.717) is 0 Å². The standard InChI is InChI=1S/C15H29N/c1-11-8-6-10-15(13(11)3)16-14-9-5-4-7-12(14)2/h11-16H,4-10H2,1-3H3. The Morgan fingerprint density at radius 1 is 0.688 bits per heavy atom. The van der Waals surface area contributed by atoms with Gasteiger partial charge in [-0.15, -0.1) is 0 Å². The molecule has 0 saturated heterocycles. The van der Waals surface area contributed by atoms with Crippen molar-refractivity contribution in [2.24, 2.45) is 17.8 Å². The zero-order valence-electron chi connectivity index (χ0n) is 11.3. The van der Waals surface area contributed by atoms with Gasteiger partial charge in [-0.25, -0.2) is 0 Å². The molecular formula is C15H29N. The van der Waals surface area contributed by atoms with Gasteiger partial charge in [0, 0.05) is 12.1 Å². The molecule has 0 heterocycles. The van der Waals surface area contributed by atoms with Crippen LogP contribution >= 0.6 is 0 Å². The van der Waals surface area contributed by atoms with Gasteiger partial charge in [-0.3, -0.25) is 0 Å². The molecular weight excluding hydrogens is 194 g/mol. The predicted molar refractivity (Wildman–Crippen MR) is 70.5 cm³/mol. The van der Waals surface area contributed by atoms with Crippen molar-refractivity contribution in [2.45, 2.75) is 77.8 Å². The summed E-state index contributed by atoms with van der Waals surface area (Å²) in [6.07, 6.45) is 10.0. The zero-order valence-corrected chi connectivity index (χ0v) is 11.3. The molecule has 1 N–H and O–H groups in total. The van der Waals surface area contributed by atoms with Gasteiger partial charge in [0.25, 0.3) is 0 Å². The van der Waals surface area contributed by atoms with E-state index in [1.807, 2.05) is 0 Å². The zero-order chi connectivity index (χ0) is 11.5. The lowest BCUT2D eigenvalue weighted by Crippen LogP contribution is -2.48. The minimum absolute atomic E-state index is 0.800. The molecule has 0 aliphatic heterocycles. The first-order chi connectivity index (χ1) is 7.68. The van der Waals surface area contributed by atoms with Crippen LogP contribution in [-0.4, -0.2) is 12.1 Å². The van der Waals surface area contributed by atoms with Crippen molar-refractivity contribution in [1.82, 2.24) is 5.32 Å². The quantitative estimate of drug-likeness (QED) is 0.746. The molecule has 1 nitrogen and oxygen atoms in total. The van der Waals surface area contributed by atoms with E-state index in [-0.39, 0.29) is 0 Å². The lowest BCUT2D eigenvalue weighted by Gasteiger charge is -2.40. The molecule has 2 aliphatic carbocycles. The highest BCUT2D eigenvalue weighted by molar-refractivity contribution is 4.87. The van der Waals surface area contributed by atoms with Crippen molar-refractivity contribution >= 4 is 0 Å². The number of hydrogen-bond donors (Lipinski definition) is 1. The van der Waals surface area contributed by atoms with E-state index in [2.05, 4.69) is 26.1 Å². The molecule has 0 aromatic carbocycles. The third-order valence-corrected chi connectivity index (χ3v) is 5.25. The maximum atomic E-state index is 3.99. The maximum Gasteiger partial charge on any atom is 0.00979 e. The van der Waals surface area contributed by atoms with Gasteiger partial charge in [-0.05, 0) is 37.0 Å². The maximum absolute atomic E-state index is 3.99. The molecule has 0 aromatic heterocycles. The molecule has 2 saturated carbocycles. The van der Waals surface area contributed by atoms with E-state index >= 15 is 0 Å². The fraction of sp³-hybridized carbons (Fsp3) is 1.00. The fourth-order valence-corrected chi connectivity index (χ4v) is 3.66. The minimum atomic E-state index is 0.800. The van der Waals surface area contributed by atoms with Crippen molar-refractivity contribution in [1.29, 1.82) is 0 Å². The summed E-state index contributed by atoms with van der Waals surface area (Å²) in [5.41, 5.74) is 0. The monoisotopic (exact) mass is 223 g/mol. The molecule has 2 rings (SSSR count). The average Bonchev–Trinajstić information content (AvgIpc) is 2.28. The van der Waals surface area contributed by atoms with E-state index in [0.717, 1.165) is 29.8 Å². The summed E-state index contributed by atoms with van der Waals surface area (Å²) in [4.78, 5) is 0. The molecule has 16 heavy (non-hydrogen) atoms. The molecule has 5 unspecified atom stereocenters. The van der Waals surface area contributed by atoms with E-state index in [1.54, 1.807) is 0 Å². The Balaban J connectivity index is 1.87. The van der Waals surface area contributed by atoms with Gasteiger partial charge >= 0.3 is 0 Å². The summed E-state index contributed by atoms with van der Waals surface area (Å²) < 4.78 is 0. The van der Waals surface area contributed by atoms with Crippen molar-refractivity contribution in [3.63, 3.8) is 0 Å². The van der Waals surface area contributed by atoms with Crippen LogP contribution in [0.1, 0.15) is 65.7 Å². The van der Waals surface area contributed by atoms with Crippen molar-refractivity contribution < 1.29 is 0 Å². The van der Waals surface area contributed by atoms with Gasteiger partial charge in [-0.2, -0.15) is 0 Å². The van der Waals surface area contributed by atoms with Crippen LogP contribution in [0.3, 0.4) is 0 Å². The lowest BCUT2D eigenvalue weighted by atomic mass is 9.76. The van der Waals surface area contributed by atoms with E-state index in [9.17, 15) is 0 Å². The fourth-order valence-electron chi connectivity index (χ4n) is 3.66. The molecule has 0 bridgehead atoms. The molecule has 1 heteroatoms. The van der Waals surface area contributed by atoms with E-state index < -0.39 is 0 Å². The highest BCUT2D eigenvalue weighted by Crippen LogP contribution is 2.32. The van der Waals surface area contributed by atoms with Crippen LogP contribution in [0.5, 0.6) is 0 Å². The van der Waals surface area contributed by atoms with E-state index in [4.69, 9.17) is 0 Å². The van der Waals surface area contributed by atoms with Crippen molar-refractivity contribution in [2.75, 3.05) is 0 Å². The van der Waals surface area contributed by atoms with Gasteiger partial charge in [0.15, 0.2) is 0 Å². The third-order valence-electron chi connectivity index (χ3n) is 5.25. The summed E-state index contributed by atoms with van der Waals surface area (Å²) >= 11 is 0. The number of nitrogens with one attached hydrogen (secondary N) is 1. The normalized spacial score (nSPS) is 45.6. The Labute approximate surface area is 101 Å².